The largest absolute Gasteiger partial charge is 0.497 e. The van der Waals surface area contributed by atoms with Crippen molar-refractivity contribution in [2.24, 2.45) is 5.92 Å². The second-order valence-electron chi connectivity index (χ2n) is 7.38. The van der Waals surface area contributed by atoms with Gasteiger partial charge in [0.25, 0.3) is 10.0 Å². The number of ether oxygens (including phenoxy) is 1. The van der Waals surface area contributed by atoms with E-state index in [1.165, 1.54) is 25.3 Å². The zero-order valence-electron chi connectivity index (χ0n) is 18.5. The first-order chi connectivity index (χ1) is 14.7. The Hall–Kier alpha value is -3.08. The normalized spacial score (nSPS) is 10.9. The molecule has 6 heteroatoms. The molecule has 0 aliphatic carbocycles. The first kappa shape index (κ1) is 24.2. The van der Waals surface area contributed by atoms with Gasteiger partial charge in [0, 0.05) is 5.57 Å². The van der Waals surface area contributed by atoms with E-state index in [2.05, 4.69) is 12.3 Å². The average Bonchev–Trinajstić information content (AvgIpc) is 2.77. The summed E-state index contributed by atoms with van der Waals surface area (Å²) >= 11 is 0. The summed E-state index contributed by atoms with van der Waals surface area (Å²) in [5.41, 5.74) is 5.78. The second-order valence-corrected chi connectivity index (χ2v) is 9.24. The topological polar surface area (TPSA) is 63.7 Å². The molecule has 0 aromatic heterocycles. The van der Waals surface area contributed by atoms with E-state index in [1.54, 1.807) is 12.1 Å². The third-order valence-electron chi connectivity index (χ3n) is 4.88. The van der Waals surface area contributed by atoms with E-state index in [4.69, 9.17) is 4.74 Å². The van der Waals surface area contributed by atoms with Crippen LogP contribution in [0.2, 0.25) is 0 Å². The third-order valence-corrected chi connectivity index (χ3v) is 6.69. The molecule has 2 aromatic rings. The Morgan fingerprint density at radius 3 is 2.26 bits per heavy atom. The highest BCUT2D eigenvalue weighted by Crippen LogP contribution is 2.24. The molecule has 0 radical (unpaired) electrons. The van der Waals surface area contributed by atoms with Crippen molar-refractivity contribution < 1.29 is 17.9 Å². The fourth-order valence-corrected chi connectivity index (χ4v) is 4.17. The van der Waals surface area contributed by atoms with Crippen molar-refractivity contribution in [2.45, 2.75) is 32.1 Å². The minimum atomic E-state index is -4.05. The minimum Gasteiger partial charge on any atom is -0.497 e. The van der Waals surface area contributed by atoms with E-state index in [1.807, 2.05) is 51.1 Å². The van der Waals surface area contributed by atoms with E-state index in [9.17, 15) is 13.2 Å². The molecule has 1 amide bonds. The highest BCUT2D eigenvalue weighted by Gasteiger charge is 2.29. The van der Waals surface area contributed by atoms with Crippen LogP contribution in [0.5, 0.6) is 5.75 Å². The van der Waals surface area contributed by atoms with Gasteiger partial charge in [0.2, 0.25) is 5.91 Å². The van der Waals surface area contributed by atoms with Crippen LogP contribution in [0.15, 0.2) is 83.5 Å². The Kier molecular flexibility index (Phi) is 8.43. The molecule has 0 N–H and O–H groups in total. The number of hydrogen-bond acceptors (Lipinski definition) is 4. The van der Waals surface area contributed by atoms with Crippen LogP contribution in [0.1, 0.15) is 32.8 Å². The molecule has 0 unspecified atom stereocenters. The smallest absolute Gasteiger partial charge is 0.266 e. The molecular weight excluding hydrogens is 410 g/mol. The van der Waals surface area contributed by atoms with Gasteiger partial charge >= 0.3 is 0 Å². The highest BCUT2D eigenvalue weighted by atomic mass is 32.2. The summed E-state index contributed by atoms with van der Waals surface area (Å²) in [6, 6.07) is 15.4. The molecule has 2 aromatic carbocycles. The molecule has 0 spiro atoms. The van der Waals surface area contributed by atoms with Gasteiger partial charge in [0.1, 0.15) is 5.75 Å². The van der Waals surface area contributed by atoms with Crippen LogP contribution in [-0.2, 0) is 14.8 Å². The Morgan fingerprint density at radius 2 is 1.74 bits per heavy atom. The van der Waals surface area contributed by atoms with Crippen LogP contribution in [0, 0.1) is 5.92 Å². The van der Waals surface area contributed by atoms with Gasteiger partial charge in [0.15, 0.2) is 0 Å². The first-order valence-corrected chi connectivity index (χ1v) is 11.5. The van der Waals surface area contributed by atoms with Crippen molar-refractivity contribution in [1.82, 2.24) is 4.31 Å². The molecule has 0 heterocycles. The Labute approximate surface area is 185 Å². The predicted octanol–water partition coefficient (Wildman–Crippen LogP) is 5.07. The fraction of sp³-hybridized carbons (Fsp3) is 0.280. The van der Waals surface area contributed by atoms with Crippen molar-refractivity contribution >= 4 is 21.5 Å². The highest BCUT2D eigenvalue weighted by molar-refractivity contribution is 7.89. The molecule has 0 fully saturated rings. The zero-order chi connectivity index (χ0) is 23.0. The SMILES string of the molecule is C=CCN(C(=O)CC(=C=C(C)C(C)C)c1ccccc1)S(=O)(=O)c1ccc(OC)cc1. The van der Waals surface area contributed by atoms with Crippen LogP contribution in [0.25, 0.3) is 5.57 Å². The van der Waals surface area contributed by atoms with Crippen LogP contribution >= 0.6 is 0 Å². The molecule has 0 aliphatic heterocycles. The molecular formula is C25H29NO4S. The predicted molar refractivity (Wildman–Crippen MR) is 124 cm³/mol. The average molecular weight is 440 g/mol. The summed E-state index contributed by atoms with van der Waals surface area (Å²) in [6.45, 7) is 9.54. The maximum absolute atomic E-state index is 13.2. The summed E-state index contributed by atoms with van der Waals surface area (Å²) in [7, 11) is -2.55. The lowest BCUT2D eigenvalue weighted by molar-refractivity contribution is -0.125. The van der Waals surface area contributed by atoms with E-state index >= 15 is 0 Å². The molecule has 0 atom stereocenters. The van der Waals surface area contributed by atoms with Gasteiger partial charge in [-0.2, -0.15) is 0 Å². The lowest BCUT2D eigenvalue weighted by Crippen LogP contribution is -2.37. The zero-order valence-corrected chi connectivity index (χ0v) is 19.3. The third kappa shape index (κ3) is 6.20. The van der Waals surface area contributed by atoms with Gasteiger partial charge in [-0.05, 0) is 48.2 Å². The van der Waals surface area contributed by atoms with Crippen LogP contribution in [-0.4, -0.2) is 32.3 Å². The van der Waals surface area contributed by atoms with Crippen molar-refractivity contribution in [3.05, 3.63) is 84.1 Å². The summed E-state index contributed by atoms with van der Waals surface area (Å²) in [5.74, 6) is 0.240. The number of carbonyl (C=O) groups is 1. The number of methoxy groups -OCH3 is 1. The quantitative estimate of drug-likeness (QED) is 0.404. The number of hydrogen-bond donors (Lipinski definition) is 0. The van der Waals surface area contributed by atoms with E-state index < -0.39 is 15.9 Å². The molecule has 164 valence electrons. The van der Waals surface area contributed by atoms with Gasteiger partial charge < -0.3 is 4.74 Å². The number of sulfonamides is 1. The Bertz CT molecular complexity index is 1080. The maximum atomic E-state index is 13.2. The second kappa shape index (κ2) is 10.8. The molecule has 5 nitrogen and oxygen atoms in total. The number of carbonyl (C=O) groups excluding carboxylic acids is 1. The molecule has 0 saturated heterocycles. The Morgan fingerprint density at radius 1 is 1.13 bits per heavy atom. The summed E-state index contributed by atoms with van der Waals surface area (Å²) in [6.07, 6.45) is 1.30. The van der Waals surface area contributed by atoms with E-state index in [0.29, 0.717) is 11.3 Å². The molecule has 0 aliphatic rings. The molecule has 0 saturated carbocycles. The van der Waals surface area contributed by atoms with Crippen molar-refractivity contribution in [1.29, 1.82) is 0 Å². The molecule has 0 bridgehead atoms. The summed E-state index contributed by atoms with van der Waals surface area (Å²) in [5, 5.41) is 0. The number of amides is 1. The van der Waals surface area contributed by atoms with E-state index in [-0.39, 0.29) is 23.8 Å². The maximum Gasteiger partial charge on any atom is 0.266 e. The minimum absolute atomic E-state index is 0.0163. The first-order valence-electron chi connectivity index (χ1n) is 10.0. The van der Waals surface area contributed by atoms with Gasteiger partial charge in [-0.1, -0.05) is 50.3 Å². The number of nitrogens with zero attached hydrogens (tertiary/aromatic N) is 1. The summed E-state index contributed by atoms with van der Waals surface area (Å²) < 4.78 is 32.3. The molecule has 31 heavy (non-hydrogen) atoms. The van der Waals surface area contributed by atoms with Gasteiger partial charge in [-0.15, -0.1) is 12.3 Å². The van der Waals surface area contributed by atoms with Gasteiger partial charge in [-0.25, -0.2) is 12.7 Å². The Balaban J connectivity index is 2.47. The van der Waals surface area contributed by atoms with Gasteiger partial charge in [-0.3, -0.25) is 4.79 Å². The summed E-state index contributed by atoms with van der Waals surface area (Å²) in [4.78, 5) is 13.2. The molecule has 2 rings (SSSR count). The standard InChI is InChI=1S/C25H29NO4S/c1-6-16-26(31(28,29)24-14-12-23(30-5)13-15-24)25(27)18-22(17-20(4)19(2)3)21-10-8-7-9-11-21/h6-15,19H,1,16,18H2,2-5H3. The number of benzene rings is 2. The number of rotatable bonds is 9. The lowest BCUT2D eigenvalue weighted by atomic mass is 9.99. The van der Waals surface area contributed by atoms with E-state index in [0.717, 1.165) is 15.4 Å². The van der Waals surface area contributed by atoms with Crippen LogP contribution in [0.4, 0.5) is 0 Å². The van der Waals surface area contributed by atoms with Crippen molar-refractivity contribution in [3.63, 3.8) is 0 Å². The van der Waals surface area contributed by atoms with Crippen LogP contribution in [0.3, 0.4) is 0 Å². The monoisotopic (exact) mass is 439 g/mol. The fourth-order valence-electron chi connectivity index (χ4n) is 2.81. The lowest BCUT2D eigenvalue weighted by Gasteiger charge is -2.22. The van der Waals surface area contributed by atoms with Crippen molar-refractivity contribution in [3.8, 4) is 5.75 Å². The van der Waals surface area contributed by atoms with Crippen molar-refractivity contribution in [2.75, 3.05) is 13.7 Å². The van der Waals surface area contributed by atoms with Gasteiger partial charge in [0.05, 0.1) is 25.0 Å². The van der Waals surface area contributed by atoms with Crippen LogP contribution < -0.4 is 4.74 Å².